The highest BCUT2D eigenvalue weighted by Crippen LogP contribution is 2.22. The highest BCUT2D eigenvalue weighted by molar-refractivity contribution is 5.97. The molecular formula is C12H18N2O3. The Labute approximate surface area is 101 Å². The fraction of sp³-hybridized carbons (Fsp3) is 0.500. The molecule has 0 aliphatic carbocycles. The van der Waals surface area contributed by atoms with Gasteiger partial charge in [0.15, 0.2) is 0 Å². The Morgan fingerprint density at radius 2 is 2.24 bits per heavy atom. The molecule has 0 bridgehead atoms. The van der Waals surface area contributed by atoms with Crippen molar-refractivity contribution in [2.75, 3.05) is 19.0 Å². The van der Waals surface area contributed by atoms with Crippen molar-refractivity contribution in [3.63, 3.8) is 0 Å². The van der Waals surface area contributed by atoms with Crippen molar-refractivity contribution in [2.24, 2.45) is 0 Å². The standard InChI is InChI=1S/C12H18N2O3/c1-5-17-10-9(7-6-8-13-10)14-11(15)12(2,3)16-4/h6-8H,5H2,1-4H3,(H,14,15). The SMILES string of the molecule is CCOc1ncccc1NC(=O)C(C)(C)OC. The minimum absolute atomic E-state index is 0.242. The minimum Gasteiger partial charge on any atom is -0.476 e. The number of carbonyl (C=O) groups is 1. The maximum Gasteiger partial charge on any atom is 0.256 e. The van der Waals surface area contributed by atoms with Gasteiger partial charge in [-0.15, -0.1) is 0 Å². The van der Waals surface area contributed by atoms with Crippen LogP contribution in [0.3, 0.4) is 0 Å². The maximum atomic E-state index is 11.9. The van der Waals surface area contributed by atoms with E-state index in [1.807, 2.05) is 6.92 Å². The number of nitrogens with one attached hydrogen (secondary N) is 1. The van der Waals surface area contributed by atoms with E-state index < -0.39 is 5.60 Å². The first-order valence-corrected chi connectivity index (χ1v) is 5.45. The van der Waals surface area contributed by atoms with Gasteiger partial charge in [0.25, 0.3) is 5.91 Å². The van der Waals surface area contributed by atoms with Gasteiger partial charge >= 0.3 is 0 Å². The topological polar surface area (TPSA) is 60.5 Å². The number of hydrogen-bond acceptors (Lipinski definition) is 4. The van der Waals surface area contributed by atoms with Crippen LogP contribution < -0.4 is 10.1 Å². The number of carbonyl (C=O) groups excluding carboxylic acids is 1. The van der Waals surface area contributed by atoms with Crippen molar-refractivity contribution in [3.8, 4) is 5.88 Å². The molecule has 1 aromatic rings. The van der Waals surface area contributed by atoms with Crippen LogP contribution in [0.4, 0.5) is 5.69 Å². The van der Waals surface area contributed by atoms with Crippen LogP contribution in [0.2, 0.25) is 0 Å². The third kappa shape index (κ3) is 3.42. The number of pyridine rings is 1. The molecule has 1 heterocycles. The molecule has 1 N–H and O–H groups in total. The summed E-state index contributed by atoms with van der Waals surface area (Å²) in [6.07, 6.45) is 1.61. The fourth-order valence-electron chi connectivity index (χ4n) is 1.10. The Bertz CT molecular complexity index is 391. The van der Waals surface area contributed by atoms with Crippen molar-refractivity contribution < 1.29 is 14.3 Å². The molecule has 0 fully saturated rings. The van der Waals surface area contributed by atoms with Crippen LogP contribution in [0.15, 0.2) is 18.3 Å². The second-order valence-corrected chi connectivity index (χ2v) is 3.96. The molecule has 5 nitrogen and oxygen atoms in total. The first-order valence-electron chi connectivity index (χ1n) is 5.45. The molecule has 94 valence electrons. The van der Waals surface area contributed by atoms with E-state index in [4.69, 9.17) is 9.47 Å². The van der Waals surface area contributed by atoms with Crippen LogP contribution in [-0.2, 0) is 9.53 Å². The normalized spacial score (nSPS) is 11.1. The van der Waals surface area contributed by atoms with E-state index in [0.29, 0.717) is 18.2 Å². The lowest BCUT2D eigenvalue weighted by atomic mass is 10.1. The molecule has 0 radical (unpaired) electrons. The predicted octanol–water partition coefficient (Wildman–Crippen LogP) is 1.84. The van der Waals surface area contributed by atoms with Crippen molar-refractivity contribution in [1.82, 2.24) is 4.98 Å². The molecule has 1 aromatic heterocycles. The predicted molar refractivity (Wildman–Crippen MR) is 65.1 cm³/mol. The van der Waals surface area contributed by atoms with E-state index in [1.165, 1.54) is 7.11 Å². The van der Waals surface area contributed by atoms with E-state index in [0.717, 1.165) is 0 Å². The summed E-state index contributed by atoms with van der Waals surface area (Å²) in [4.78, 5) is 16.0. The summed E-state index contributed by atoms with van der Waals surface area (Å²) in [5.41, 5.74) is -0.344. The highest BCUT2D eigenvalue weighted by Gasteiger charge is 2.27. The lowest BCUT2D eigenvalue weighted by molar-refractivity contribution is -0.133. The molecule has 0 aromatic carbocycles. The van der Waals surface area contributed by atoms with Crippen LogP contribution in [-0.4, -0.2) is 30.2 Å². The molecule has 17 heavy (non-hydrogen) atoms. The Kier molecular flexibility index (Phi) is 4.45. The third-order valence-electron chi connectivity index (χ3n) is 2.36. The average Bonchev–Trinajstić information content (AvgIpc) is 2.32. The van der Waals surface area contributed by atoms with Gasteiger partial charge in [-0.25, -0.2) is 4.98 Å². The smallest absolute Gasteiger partial charge is 0.256 e. The molecular weight excluding hydrogens is 220 g/mol. The minimum atomic E-state index is -0.890. The summed E-state index contributed by atoms with van der Waals surface area (Å²) in [6.45, 7) is 5.74. The van der Waals surface area contributed by atoms with Gasteiger partial charge in [0, 0.05) is 13.3 Å². The Balaban J connectivity index is 2.84. The number of nitrogens with zero attached hydrogens (tertiary/aromatic N) is 1. The Morgan fingerprint density at radius 3 is 2.82 bits per heavy atom. The summed E-state index contributed by atoms with van der Waals surface area (Å²) in [7, 11) is 1.49. The summed E-state index contributed by atoms with van der Waals surface area (Å²) in [6, 6.07) is 3.47. The van der Waals surface area contributed by atoms with Gasteiger partial charge in [-0.3, -0.25) is 4.79 Å². The van der Waals surface area contributed by atoms with Gasteiger partial charge < -0.3 is 14.8 Å². The molecule has 0 aliphatic rings. The lowest BCUT2D eigenvalue weighted by Gasteiger charge is -2.22. The van der Waals surface area contributed by atoms with Crippen molar-refractivity contribution in [1.29, 1.82) is 0 Å². The quantitative estimate of drug-likeness (QED) is 0.850. The fourth-order valence-corrected chi connectivity index (χ4v) is 1.10. The second-order valence-electron chi connectivity index (χ2n) is 3.96. The van der Waals surface area contributed by atoms with Crippen LogP contribution >= 0.6 is 0 Å². The highest BCUT2D eigenvalue weighted by atomic mass is 16.5. The van der Waals surface area contributed by atoms with Gasteiger partial charge in [0.1, 0.15) is 11.3 Å². The van der Waals surface area contributed by atoms with Crippen LogP contribution in [0.1, 0.15) is 20.8 Å². The summed E-state index contributed by atoms with van der Waals surface area (Å²) in [5.74, 6) is 0.171. The zero-order valence-corrected chi connectivity index (χ0v) is 10.6. The van der Waals surface area contributed by atoms with E-state index in [2.05, 4.69) is 10.3 Å². The van der Waals surface area contributed by atoms with Gasteiger partial charge in [-0.1, -0.05) is 0 Å². The van der Waals surface area contributed by atoms with Crippen LogP contribution in [0, 0.1) is 0 Å². The Morgan fingerprint density at radius 1 is 1.53 bits per heavy atom. The molecule has 5 heteroatoms. The number of rotatable bonds is 5. The first kappa shape index (κ1) is 13.4. The third-order valence-corrected chi connectivity index (χ3v) is 2.36. The van der Waals surface area contributed by atoms with E-state index in [1.54, 1.807) is 32.2 Å². The number of methoxy groups -OCH3 is 1. The molecule has 0 aliphatic heterocycles. The molecule has 1 rings (SSSR count). The molecule has 0 atom stereocenters. The lowest BCUT2D eigenvalue weighted by Crippen LogP contribution is -2.38. The number of amides is 1. The number of hydrogen-bond donors (Lipinski definition) is 1. The number of anilines is 1. The van der Waals surface area contributed by atoms with E-state index >= 15 is 0 Å². The van der Waals surface area contributed by atoms with Crippen molar-refractivity contribution >= 4 is 11.6 Å². The first-order chi connectivity index (χ1) is 8.01. The van der Waals surface area contributed by atoms with Gasteiger partial charge in [-0.2, -0.15) is 0 Å². The van der Waals surface area contributed by atoms with E-state index in [9.17, 15) is 4.79 Å². The van der Waals surface area contributed by atoms with Gasteiger partial charge in [0.2, 0.25) is 5.88 Å². The Hall–Kier alpha value is -1.62. The van der Waals surface area contributed by atoms with E-state index in [-0.39, 0.29) is 5.91 Å². The molecule has 1 amide bonds. The van der Waals surface area contributed by atoms with Gasteiger partial charge in [0.05, 0.1) is 6.61 Å². The summed E-state index contributed by atoms with van der Waals surface area (Å²) < 4.78 is 10.4. The summed E-state index contributed by atoms with van der Waals surface area (Å²) in [5, 5.41) is 2.74. The molecule has 0 unspecified atom stereocenters. The van der Waals surface area contributed by atoms with Crippen molar-refractivity contribution in [3.05, 3.63) is 18.3 Å². The van der Waals surface area contributed by atoms with Crippen molar-refractivity contribution in [2.45, 2.75) is 26.4 Å². The molecule has 0 spiro atoms. The summed E-state index contributed by atoms with van der Waals surface area (Å²) >= 11 is 0. The molecule has 0 saturated heterocycles. The number of aromatic nitrogens is 1. The maximum absolute atomic E-state index is 11.9. The number of ether oxygens (including phenoxy) is 2. The average molecular weight is 238 g/mol. The monoisotopic (exact) mass is 238 g/mol. The zero-order valence-electron chi connectivity index (χ0n) is 10.6. The van der Waals surface area contributed by atoms with Crippen LogP contribution in [0.25, 0.3) is 0 Å². The van der Waals surface area contributed by atoms with Gasteiger partial charge in [-0.05, 0) is 32.9 Å². The molecule has 0 saturated carbocycles. The zero-order chi connectivity index (χ0) is 12.9. The van der Waals surface area contributed by atoms with Crippen LogP contribution in [0.5, 0.6) is 5.88 Å². The second kappa shape index (κ2) is 5.63. The largest absolute Gasteiger partial charge is 0.476 e.